The van der Waals surface area contributed by atoms with Crippen molar-refractivity contribution in [1.29, 1.82) is 0 Å². The number of hydrogen-bond donors (Lipinski definition) is 3. The van der Waals surface area contributed by atoms with Crippen molar-refractivity contribution in [2.75, 3.05) is 13.1 Å². The van der Waals surface area contributed by atoms with E-state index in [1.165, 1.54) is 5.56 Å². The van der Waals surface area contributed by atoms with Crippen LogP contribution in [-0.2, 0) is 6.54 Å². The molecule has 0 aliphatic heterocycles. The Morgan fingerprint density at radius 3 is 3.08 bits per heavy atom. The lowest BCUT2D eigenvalue weighted by Crippen LogP contribution is -2.35. The average Bonchev–Trinajstić information content (AvgIpc) is 2.64. The van der Waals surface area contributed by atoms with E-state index in [9.17, 15) is 0 Å². The van der Waals surface area contributed by atoms with Crippen LogP contribution in [0.3, 0.4) is 0 Å². The molecule has 0 aliphatic rings. The van der Waals surface area contributed by atoms with E-state index in [0.29, 0.717) is 6.04 Å². The Morgan fingerprint density at radius 1 is 1.62 bits per heavy atom. The van der Waals surface area contributed by atoms with Gasteiger partial charge in [0.1, 0.15) is 0 Å². The standard InChI is InChI=1S/C9H18N4/c1-3-10-4-8(2)11-5-9-6-12-13-7-9/h6-8,10-11H,3-5H2,1-2H3,(H,12,13). The monoisotopic (exact) mass is 182 g/mol. The molecule has 74 valence electrons. The molecular weight excluding hydrogens is 164 g/mol. The second kappa shape index (κ2) is 5.72. The maximum Gasteiger partial charge on any atom is 0.0532 e. The largest absolute Gasteiger partial charge is 0.315 e. The van der Waals surface area contributed by atoms with E-state index in [2.05, 4.69) is 34.7 Å². The lowest BCUT2D eigenvalue weighted by atomic mass is 10.3. The van der Waals surface area contributed by atoms with Gasteiger partial charge in [-0.25, -0.2) is 0 Å². The Balaban J connectivity index is 2.11. The van der Waals surface area contributed by atoms with E-state index in [1.54, 1.807) is 0 Å². The van der Waals surface area contributed by atoms with Gasteiger partial charge in [0.15, 0.2) is 0 Å². The van der Waals surface area contributed by atoms with Crippen LogP contribution in [-0.4, -0.2) is 29.3 Å². The summed E-state index contributed by atoms with van der Waals surface area (Å²) < 4.78 is 0. The molecule has 0 amide bonds. The van der Waals surface area contributed by atoms with Gasteiger partial charge < -0.3 is 10.6 Å². The minimum absolute atomic E-state index is 0.495. The Bertz CT molecular complexity index is 207. The van der Waals surface area contributed by atoms with Gasteiger partial charge in [0.05, 0.1) is 6.20 Å². The summed E-state index contributed by atoms with van der Waals surface area (Å²) in [5.74, 6) is 0. The fourth-order valence-electron chi connectivity index (χ4n) is 1.10. The molecule has 1 aromatic heterocycles. The molecule has 0 fully saturated rings. The first-order valence-electron chi connectivity index (χ1n) is 4.74. The summed E-state index contributed by atoms with van der Waals surface area (Å²) in [5.41, 5.74) is 1.20. The van der Waals surface area contributed by atoms with E-state index >= 15 is 0 Å². The van der Waals surface area contributed by atoms with Crippen LogP contribution < -0.4 is 10.6 Å². The average molecular weight is 182 g/mol. The van der Waals surface area contributed by atoms with Gasteiger partial charge in [-0.05, 0) is 13.5 Å². The quantitative estimate of drug-likeness (QED) is 0.600. The molecule has 1 rings (SSSR count). The third kappa shape index (κ3) is 4.05. The summed E-state index contributed by atoms with van der Waals surface area (Å²) in [6.07, 6.45) is 3.75. The molecule has 0 aromatic carbocycles. The van der Waals surface area contributed by atoms with Crippen LogP contribution in [0.2, 0.25) is 0 Å². The number of aromatic nitrogens is 2. The topological polar surface area (TPSA) is 52.7 Å². The van der Waals surface area contributed by atoms with E-state index < -0.39 is 0 Å². The van der Waals surface area contributed by atoms with Crippen molar-refractivity contribution < 1.29 is 0 Å². The fraction of sp³-hybridized carbons (Fsp3) is 0.667. The van der Waals surface area contributed by atoms with Crippen LogP contribution in [0.1, 0.15) is 19.4 Å². The number of aromatic amines is 1. The first kappa shape index (κ1) is 10.2. The van der Waals surface area contributed by atoms with E-state index in [1.807, 2.05) is 12.4 Å². The van der Waals surface area contributed by atoms with Crippen molar-refractivity contribution in [1.82, 2.24) is 20.8 Å². The predicted octanol–water partition coefficient (Wildman–Crippen LogP) is 0.497. The zero-order valence-electron chi connectivity index (χ0n) is 8.30. The van der Waals surface area contributed by atoms with Crippen molar-refractivity contribution in [2.24, 2.45) is 0 Å². The molecule has 1 atom stereocenters. The van der Waals surface area contributed by atoms with Crippen molar-refractivity contribution in [2.45, 2.75) is 26.4 Å². The summed E-state index contributed by atoms with van der Waals surface area (Å²) in [6, 6.07) is 0.495. The molecule has 3 N–H and O–H groups in total. The van der Waals surface area contributed by atoms with Crippen LogP contribution in [0.5, 0.6) is 0 Å². The summed E-state index contributed by atoms with van der Waals surface area (Å²) >= 11 is 0. The highest BCUT2D eigenvalue weighted by Crippen LogP contribution is 1.92. The summed E-state index contributed by atoms with van der Waals surface area (Å²) in [6.45, 7) is 7.20. The third-order valence-electron chi connectivity index (χ3n) is 1.91. The van der Waals surface area contributed by atoms with Crippen molar-refractivity contribution in [3.05, 3.63) is 18.0 Å². The highest BCUT2D eigenvalue weighted by molar-refractivity contribution is 5.01. The molecule has 1 unspecified atom stereocenters. The molecule has 4 heteroatoms. The molecule has 0 saturated heterocycles. The highest BCUT2D eigenvalue weighted by Gasteiger charge is 2.00. The second-order valence-corrected chi connectivity index (χ2v) is 3.20. The van der Waals surface area contributed by atoms with Crippen LogP contribution >= 0.6 is 0 Å². The maximum atomic E-state index is 3.88. The third-order valence-corrected chi connectivity index (χ3v) is 1.91. The SMILES string of the molecule is CCNCC(C)NCc1cn[nH]c1. The zero-order valence-corrected chi connectivity index (χ0v) is 8.30. The van der Waals surface area contributed by atoms with E-state index in [-0.39, 0.29) is 0 Å². The molecule has 4 nitrogen and oxygen atoms in total. The van der Waals surface area contributed by atoms with E-state index in [0.717, 1.165) is 19.6 Å². The number of hydrogen-bond acceptors (Lipinski definition) is 3. The molecular formula is C9H18N4. The molecule has 13 heavy (non-hydrogen) atoms. The van der Waals surface area contributed by atoms with Gasteiger partial charge in [0.25, 0.3) is 0 Å². The smallest absolute Gasteiger partial charge is 0.0532 e. The summed E-state index contributed by atoms with van der Waals surface area (Å²) in [4.78, 5) is 0. The first-order chi connectivity index (χ1) is 6.33. The van der Waals surface area contributed by atoms with Crippen LogP contribution in [0.4, 0.5) is 0 Å². The fourth-order valence-corrected chi connectivity index (χ4v) is 1.10. The van der Waals surface area contributed by atoms with Crippen LogP contribution in [0.15, 0.2) is 12.4 Å². The van der Waals surface area contributed by atoms with Gasteiger partial charge in [-0.2, -0.15) is 5.10 Å². The minimum atomic E-state index is 0.495. The zero-order chi connectivity index (χ0) is 9.52. The van der Waals surface area contributed by atoms with Gasteiger partial charge in [-0.15, -0.1) is 0 Å². The second-order valence-electron chi connectivity index (χ2n) is 3.20. The lowest BCUT2D eigenvalue weighted by molar-refractivity contribution is 0.509. The Hall–Kier alpha value is -0.870. The van der Waals surface area contributed by atoms with Gasteiger partial charge in [-0.1, -0.05) is 6.92 Å². The van der Waals surface area contributed by atoms with Crippen molar-refractivity contribution in [3.8, 4) is 0 Å². The molecule has 1 heterocycles. The summed E-state index contributed by atoms with van der Waals surface area (Å²) in [5, 5.41) is 13.4. The molecule has 0 spiro atoms. The lowest BCUT2D eigenvalue weighted by Gasteiger charge is -2.12. The maximum absolute atomic E-state index is 3.88. The van der Waals surface area contributed by atoms with Crippen molar-refractivity contribution in [3.63, 3.8) is 0 Å². The van der Waals surface area contributed by atoms with E-state index in [4.69, 9.17) is 0 Å². The van der Waals surface area contributed by atoms with Crippen LogP contribution in [0.25, 0.3) is 0 Å². The van der Waals surface area contributed by atoms with Gasteiger partial charge in [0, 0.05) is 30.9 Å². The van der Waals surface area contributed by atoms with Crippen molar-refractivity contribution >= 4 is 0 Å². The Labute approximate surface area is 79.1 Å². The molecule has 1 aromatic rings. The minimum Gasteiger partial charge on any atom is -0.315 e. The number of rotatable bonds is 6. The summed E-state index contributed by atoms with van der Waals surface area (Å²) in [7, 11) is 0. The first-order valence-corrected chi connectivity index (χ1v) is 4.74. The number of H-pyrrole nitrogens is 1. The number of nitrogens with one attached hydrogen (secondary N) is 3. The van der Waals surface area contributed by atoms with Gasteiger partial charge >= 0.3 is 0 Å². The highest BCUT2D eigenvalue weighted by atomic mass is 15.1. The number of nitrogens with zero attached hydrogens (tertiary/aromatic N) is 1. The van der Waals surface area contributed by atoms with Gasteiger partial charge in [0.2, 0.25) is 0 Å². The Morgan fingerprint density at radius 2 is 2.46 bits per heavy atom. The molecule has 0 saturated carbocycles. The van der Waals surface area contributed by atoms with Gasteiger partial charge in [-0.3, -0.25) is 5.10 Å². The number of likely N-dealkylation sites (N-methyl/N-ethyl adjacent to an activating group) is 1. The van der Waals surface area contributed by atoms with Crippen LogP contribution in [0, 0.1) is 0 Å². The molecule has 0 bridgehead atoms. The molecule has 0 radical (unpaired) electrons. The predicted molar refractivity (Wildman–Crippen MR) is 53.4 cm³/mol. The Kier molecular flexibility index (Phi) is 4.49. The normalized spacial score (nSPS) is 13.1. The molecule has 0 aliphatic carbocycles.